The van der Waals surface area contributed by atoms with E-state index >= 15 is 0 Å². The third-order valence-electron chi connectivity index (χ3n) is 4.82. The molecule has 3 heterocycles. The first kappa shape index (κ1) is 18.9. The number of ether oxygens (including phenoxy) is 1. The van der Waals surface area contributed by atoms with Crippen LogP contribution in [0, 0.1) is 24.7 Å². The maximum Gasteiger partial charge on any atom is 0.255 e. The average Bonchev–Trinajstić information content (AvgIpc) is 3.56. The van der Waals surface area contributed by atoms with Crippen LogP contribution in [0.5, 0.6) is 5.75 Å². The van der Waals surface area contributed by atoms with E-state index in [0.717, 1.165) is 17.0 Å². The highest BCUT2D eigenvalue weighted by Gasteiger charge is 2.18. The highest BCUT2D eigenvalue weighted by atomic mass is 16.5. The Morgan fingerprint density at radius 3 is 2.66 bits per heavy atom. The van der Waals surface area contributed by atoms with E-state index in [-0.39, 0.29) is 18.2 Å². The van der Waals surface area contributed by atoms with Crippen molar-refractivity contribution in [1.29, 1.82) is 0 Å². The highest BCUT2D eigenvalue weighted by Crippen LogP contribution is 2.27. The van der Waals surface area contributed by atoms with Crippen molar-refractivity contribution in [3.63, 3.8) is 0 Å². The summed E-state index contributed by atoms with van der Waals surface area (Å²) in [5, 5.41) is 0. The maximum atomic E-state index is 12.7. The quantitative estimate of drug-likeness (QED) is 0.630. The third-order valence-corrected chi connectivity index (χ3v) is 4.82. The second-order valence-electron chi connectivity index (χ2n) is 7.19. The fourth-order valence-corrected chi connectivity index (χ4v) is 3.09. The van der Waals surface area contributed by atoms with Crippen LogP contribution < -0.4 is 10.3 Å². The van der Waals surface area contributed by atoms with Gasteiger partial charge in [-0.1, -0.05) is 11.8 Å². The van der Waals surface area contributed by atoms with Crippen molar-refractivity contribution in [1.82, 2.24) is 19.5 Å². The second kappa shape index (κ2) is 8.27. The Morgan fingerprint density at radius 1 is 1.21 bits per heavy atom. The van der Waals surface area contributed by atoms with Crippen LogP contribution in [0.2, 0.25) is 0 Å². The summed E-state index contributed by atoms with van der Waals surface area (Å²) in [5.41, 5.74) is 2.39. The van der Waals surface area contributed by atoms with Gasteiger partial charge in [-0.25, -0.2) is 9.97 Å². The lowest BCUT2D eigenvalue weighted by Gasteiger charge is -2.18. The number of aromatic nitrogens is 4. The van der Waals surface area contributed by atoms with Crippen LogP contribution in [-0.2, 0) is 6.61 Å². The zero-order valence-corrected chi connectivity index (χ0v) is 16.5. The lowest BCUT2D eigenvalue weighted by molar-refractivity contribution is 0.294. The number of aryl methyl sites for hydroxylation is 1. The van der Waals surface area contributed by atoms with Crippen molar-refractivity contribution in [2.75, 3.05) is 0 Å². The van der Waals surface area contributed by atoms with Gasteiger partial charge in [-0.15, -0.1) is 0 Å². The van der Waals surface area contributed by atoms with Crippen molar-refractivity contribution in [2.24, 2.45) is 5.92 Å². The van der Waals surface area contributed by atoms with Crippen LogP contribution in [0.1, 0.15) is 48.6 Å². The van der Waals surface area contributed by atoms with Gasteiger partial charge in [-0.3, -0.25) is 9.78 Å². The van der Waals surface area contributed by atoms with Gasteiger partial charge in [0.1, 0.15) is 12.4 Å². The summed E-state index contributed by atoms with van der Waals surface area (Å²) in [6.07, 6.45) is 7.50. The third kappa shape index (κ3) is 4.69. The molecule has 4 rings (SSSR count). The number of hydrogen-bond donors (Lipinski definition) is 0. The van der Waals surface area contributed by atoms with Crippen molar-refractivity contribution in [3.8, 4) is 17.6 Å². The van der Waals surface area contributed by atoms with Gasteiger partial charge in [0.2, 0.25) is 0 Å². The molecule has 1 unspecified atom stereocenters. The van der Waals surface area contributed by atoms with Gasteiger partial charge in [0, 0.05) is 41.8 Å². The summed E-state index contributed by atoms with van der Waals surface area (Å²) in [6.45, 7) is 4.06. The van der Waals surface area contributed by atoms with Crippen LogP contribution in [-0.4, -0.2) is 19.5 Å². The van der Waals surface area contributed by atoms with Crippen molar-refractivity contribution >= 4 is 0 Å². The zero-order chi connectivity index (χ0) is 20.2. The van der Waals surface area contributed by atoms with E-state index in [4.69, 9.17) is 4.74 Å². The van der Waals surface area contributed by atoms with Crippen LogP contribution in [0.4, 0.5) is 0 Å². The van der Waals surface area contributed by atoms with Crippen molar-refractivity contribution < 1.29 is 4.74 Å². The molecule has 0 radical (unpaired) electrons. The summed E-state index contributed by atoms with van der Waals surface area (Å²) in [4.78, 5) is 25.5. The van der Waals surface area contributed by atoms with E-state index in [1.54, 1.807) is 29.2 Å². The van der Waals surface area contributed by atoms with Gasteiger partial charge in [0.15, 0.2) is 5.82 Å². The predicted octanol–water partition coefficient (Wildman–Crippen LogP) is 3.29. The van der Waals surface area contributed by atoms with E-state index in [9.17, 15) is 4.79 Å². The summed E-state index contributed by atoms with van der Waals surface area (Å²) in [7, 11) is 0. The molecule has 3 aromatic rings. The molecule has 1 fully saturated rings. The largest absolute Gasteiger partial charge is 0.485 e. The van der Waals surface area contributed by atoms with Gasteiger partial charge < -0.3 is 9.30 Å². The molecule has 0 bridgehead atoms. The molecular weight excluding hydrogens is 364 g/mol. The van der Waals surface area contributed by atoms with Gasteiger partial charge in [-0.2, -0.15) is 0 Å². The Kier molecular flexibility index (Phi) is 5.39. The van der Waals surface area contributed by atoms with Crippen LogP contribution in [0.25, 0.3) is 0 Å². The first-order valence-electron chi connectivity index (χ1n) is 9.69. The fraction of sp³-hybridized carbons (Fsp3) is 0.304. The van der Waals surface area contributed by atoms with E-state index in [1.165, 1.54) is 18.9 Å². The van der Waals surface area contributed by atoms with E-state index in [1.807, 2.05) is 32.0 Å². The summed E-state index contributed by atoms with van der Waals surface area (Å²) >= 11 is 0. The molecule has 3 aromatic heterocycles. The standard InChI is InChI=1S/C23H22N4O2/c1-16-12-20(29-15-22-24-10-3-11-25-22)13-23(28)27(16)17(2)21-9-8-19(14-26-21)7-6-18-4-5-18/h3,8-14,17-18H,4-5,15H2,1-2H3. The molecule has 6 nitrogen and oxygen atoms in total. The van der Waals surface area contributed by atoms with E-state index in [0.29, 0.717) is 17.5 Å². The molecule has 0 spiro atoms. The molecule has 0 N–H and O–H groups in total. The first-order chi connectivity index (χ1) is 14.1. The van der Waals surface area contributed by atoms with Crippen molar-refractivity contribution in [2.45, 2.75) is 39.3 Å². The molecule has 0 amide bonds. The van der Waals surface area contributed by atoms with Gasteiger partial charge in [0.05, 0.1) is 11.7 Å². The Hall–Kier alpha value is -3.46. The minimum Gasteiger partial charge on any atom is -0.485 e. The number of hydrogen-bond acceptors (Lipinski definition) is 5. The lowest BCUT2D eigenvalue weighted by Crippen LogP contribution is -2.26. The van der Waals surface area contributed by atoms with Crippen LogP contribution >= 0.6 is 0 Å². The lowest BCUT2D eigenvalue weighted by atomic mass is 10.1. The van der Waals surface area contributed by atoms with E-state index in [2.05, 4.69) is 26.8 Å². The summed E-state index contributed by atoms with van der Waals surface area (Å²) in [5.74, 6) is 8.02. The molecule has 0 aliphatic heterocycles. The molecular formula is C23H22N4O2. The smallest absolute Gasteiger partial charge is 0.255 e. The molecule has 1 atom stereocenters. The molecule has 1 aliphatic rings. The minimum atomic E-state index is -0.195. The molecule has 0 saturated heterocycles. The Bertz CT molecular complexity index is 1110. The van der Waals surface area contributed by atoms with Gasteiger partial charge >= 0.3 is 0 Å². The van der Waals surface area contributed by atoms with E-state index < -0.39 is 0 Å². The highest BCUT2D eigenvalue weighted by molar-refractivity contribution is 5.34. The number of rotatable bonds is 5. The number of nitrogens with zero attached hydrogens (tertiary/aromatic N) is 4. The average molecular weight is 386 g/mol. The molecule has 6 heteroatoms. The summed E-state index contributed by atoms with van der Waals surface area (Å²) < 4.78 is 7.40. The van der Waals surface area contributed by atoms with Crippen molar-refractivity contribution in [3.05, 3.63) is 82.1 Å². The minimum absolute atomic E-state index is 0.138. The molecule has 0 aromatic carbocycles. The van der Waals surface area contributed by atoms with Crippen LogP contribution in [0.15, 0.2) is 53.7 Å². The van der Waals surface area contributed by atoms with Gasteiger partial charge in [0.25, 0.3) is 5.56 Å². The Morgan fingerprint density at radius 2 is 2.00 bits per heavy atom. The normalized spacial score (nSPS) is 14.0. The first-order valence-corrected chi connectivity index (χ1v) is 9.69. The monoisotopic (exact) mass is 386 g/mol. The maximum absolute atomic E-state index is 12.7. The Labute approximate surface area is 169 Å². The predicted molar refractivity (Wildman–Crippen MR) is 109 cm³/mol. The fourth-order valence-electron chi connectivity index (χ4n) is 3.09. The molecule has 1 aliphatic carbocycles. The molecule has 29 heavy (non-hydrogen) atoms. The zero-order valence-electron chi connectivity index (χ0n) is 16.5. The molecule has 146 valence electrons. The van der Waals surface area contributed by atoms with Gasteiger partial charge in [-0.05, 0) is 51.0 Å². The van der Waals surface area contributed by atoms with Crippen LogP contribution in [0.3, 0.4) is 0 Å². The molecule has 1 saturated carbocycles. The second-order valence-corrected chi connectivity index (χ2v) is 7.19. The Balaban J connectivity index is 1.50. The topological polar surface area (TPSA) is 69.9 Å². The number of pyridine rings is 2. The SMILES string of the molecule is Cc1cc(OCc2ncccn2)cc(=O)n1C(C)c1ccc(C#CC2CC2)cn1. The summed E-state index contributed by atoms with van der Waals surface area (Å²) in [6, 6.07) is 8.78.